The van der Waals surface area contributed by atoms with E-state index in [2.05, 4.69) is 14.5 Å². The molecule has 0 saturated heterocycles. The van der Waals surface area contributed by atoms with Gasteiger partial charge in [-0.25, -0.2) is 9.97 Å². The maximum atomic E-state index is 5.97. The topological polar surface area (TPSA) is 66.0 Å². The van der Waals surface area contributed by atoms with Crippen molar-refractivity contribution < 1.29 is 4.74 Å². The number of halogens is 1. The summed E-state index contributed by atoms with van der Waals surface area (Å²) in [5.41, 5.74) is 7.17. The molecule has 0 amide bonds. The van der Waals surface area contributed by atoms with Gasteiger partial charge in [0, 0.05) is 25.2 Å². The molecule has 19 heavy (non-hydrogen) atoms. The quantitative estimate of drug-likeness (QED) is 0.821. The second kappa shape index (κ2) is 5.45. The SMILES string of the molecule is NCCOCCn1c(C2CC2)nc2cc(Cl)cnc21. The zero-order chi connectivity index (χ0) is 13.2. The number of imidazole rings is 1. The number of pyridine rings is 1. The van der Waals surface area contributed by atoms with Gasteiger partial charge in [-0.1, -0.05) is 11.6 Å². The molecular weight excluding hydrogens is 264 g/mol. The highest BCUT2D eigenvalue weighted by Gasteiger charge is 2.29. The van der Waals surface area contributed by atoms with Gasteiger partial charge in [0.1, 0.15) is 11.3 Å². The van der Waals surface area contributed by atoms with Crippen LogP contribution in [0.3, 0.4) is 0 Å². The second-order valence-electron chi connectivity index (χ2n) is 4.79. The van der Waals surface area contributed by atoms with E-state index < -0.39 is 0 Å². The monoisotopic (exact) mass is 280 g/mol. The summed E-state index contributed by atoms with van der Waals surface area (Å²) in [6.07, 6.45) is 4.08. The average molecular weight is 281 g/mol. The molecule has 0 spiro atoms. The van der Waals surface area contributed by atoms with Crippen LogP contribution in [0, 0.1) is 0 Å². The normalized spacial score (nSPS) is 15.3. The lowest BCUT2D eigenvalue weighted by atomic mass is 10.4. The van der Waals surface area contributed by atoms with E-state index in [1.807, 2.05) is 6.07 Å². The molecule has 2 aromatic heterocycles. The number of fused-ring (bicyclic) bond motifs is 1. The first-order valence-corrected chi connectivity index (χ1v) is 6.97. The molecule has 0 aromatic carbocycles. The minimum absolute atomic E-state index is 0.550. The first-order chi connectivity index (χ1) is 9.29. The van der Waals surface area contributed by atoms with Crippen molar-refractivity contribution in [1.29, 1.82) is 0 Å². The molecule has 2 N–H and O–H groups in total. The van der Waals surface area contributed by atoms with E-state index >= 15 is 0 Å². The molecule has 5 nitrogen and oxygen atoms in total. The molecule has 2 aromatic rings. The Morgan fingerprint density at radius 2 is 2.26 bits per heavy atom. The highest BCUT2D eigenvalue weighted by atomic mass is 35.5. The smallest absolute Gasteiger partial charge is 0.160 e. The van der Waals surface area contributed by atoms with Crippen LogP contribution in [0.4, 0.5) is 0 Å². The van der Waals surface area contributed by atoms with Crippen LogP contribution in [-0.4, -0.2) is 34.3 Å². The fraction of sp³-hybridized carbons (Fsp3) is 0.538. The summed E-state index contributed by atoms with van der Waals surface area (Å²) in [7, 11) is 0. The van der Waals surface area contributed by atoms with Gasteiger partial charge in [0.05, 0.1) is 18.2 Å². The molecule has 0 bridgehead atoms. The Balaban J connectivity index is 1.88. The number of hydrogen-bond donors (Lipinski definition) is 1. The van der Waals surface area contributed by atoms with E-state index in [4.69, 9.17) is 22.1 Å². The molecule has 1 aliphatic rings. The Kier molecular flexibility index (Phi) is 3.68. The van der Waals surface area contributed by atoms with Crippen LogP contribution in [0.15, 0.2) is 12.3 Å². The van der Waals surface area contributed by atoms with E-state index in [9.17, 15) is 0 Å². The lowest BCUT2D eigenvalue weighted by Crippen LogP contribution is -2.14. The number of aromatic nitrogens is 3. The molecule has 3 rings (SSSR count). The standard InChI is InChI=1S/C13H17ClN4O/c14-10-7-11-13(16-8-10)18(4-6-19-5-3-15)12(17-11)9-1-2-9/h7-9H,1-6,15H2. The van der Waals surface area contributed by atoms with Gasteiger partial charge < -0.3 is 15.0 Å². The van der Waals surface area contributed by atoms with Crippen molar-refractivity contribution >= 4 is 22.8 Å². The third-order valence-electron chi connectivity index (χ3n) is 3.25. The summed E-state index contributed by atoms with van der Waals surface area (Å²) in [6.45, 7) is 2.53. The van der Waals surface area contributed by atoms with E-state index in [0.29, 0.717) is 30.7 Å². The third-order valence-corrected chi connectivity index (χ3v) is 3.45. The van der Waals surface area contributed by atoms with E-state index in [0.717, 1.165) is 23.5 Å². The minimum Gasteiger partial charge on any atom is -0.378 e. The fourth-order valence-corrected chi connectivity index (χ4v) is 2.37. The predicted octanol–water partition coefficient (Wildman–Crippen LogP) is 1.94. The molecule has 0 atom stereocenters. The molecule has 102 valence electrons. The molecule has 6 heteroatoms. The van der Waals surface area contributed by atoms with Crippen LogP contribution in [0.2, 0.25) is 5.02 Å². The largest absolute Gasteiger partial charge is 0.378 e. The lowest BCUT2D eigenvalue weighted by Gasteiger charge is -2.08. The van der Waals surface area contributed by atoms with Gasteiger partial charge in [-0.05, 0) is 18.9 Å². The molecule has 1 fully saturated rings. The average Bonchev–Trinajstić information content (AvgIpc) is 3.18. The molecule has 0 radical (unpaired) electrons. The Morgan fingerprint density at radius 3 is 3.00 bits per heavy atom. The van der Waals surface area contributed by atoms with Gasteiger partial charge in [-0.15, -0.1) is 0 Å². The van der Waals surface area contributed by atoms with Crippen molar-refractivity contribution in [1.82, 2.24) is 14.5 Å². The Bertz CT molecular complexity index is 579. The summed E-state index contributed by atoms with van der Waals surface area (Å²) < 4.78 is 7.61. The van der Waals surface area contributed by atoms with Crippen LogP contribution < -0.4 is 5.73 Å². The predicted molar refractivity (Wildman–Crippen MR) is 74.4 cm³/mol. The number of hydrogen-bond acceptors (Lipinski definition) is 4. The Morgan fingerprint density at radius 1 is 1.42 bits per heavy atom. The molecule has 2 heterocycles. The van der Waals surface area contributed by atoms with Gasteiger partial charge >= 0.3 is 0 Å². The van der Waals surface area contributed by atoms with Gasteiger partial charge in [-0.3, -0.25) is 0 Å². The van der Waals surface area contributed by atoms with E-state index in [1.54, 1.807) is 6.20 Å². The van der Waals surface area contributed by atoms with Crippen molar-refractivity contribution in [2.24, 2.45) is 5.73 Å². The van der Waals surface area contributed by atoms with Crippen LogP contribution in [-0.2, 0) is 11.3 Å². The number of ether oxygens (including phenoxy) is 1. The first-order valence-electron chi connectivity index (χ1n) is 6.59. The highest BCUT2D eigenvalue weighted by molar-refractivity contribution is 6.31. The Labute approximate surface area is 116 Å². The number of nitrogens with two attached hydrogens (primary N) is 1. The van der Waals surface area contributed by atoms with Crippen molar-refractivity contribution in [2.75, 3.05) is 19.8 Å². The number of nitrogens with zero attached hydrogens (tertiary/aromatic N) is 3. The molecule has 1 saturated carbocycles. The fourth-order valence-electron chi connectivity index (χ4n) is 2.22. The maximum Gasteiger partial charge on any atom is 0.160 e. The lowest BCUT2D eigenvalue weighted by molar-refractivity contribution is 0.133. The minimum atomic E-state index is 0.550. The van der Waals surface area contributed by atoms with Crippen LogP contribution in [0.1, 0.15) is 24.6 Å². The van der Waals surface area contributed by atoms with Gasteiger partial charge in [0.2, 0.25) is 0 Å². The van der Waals surface area contributed by atoms with Crippen LogP contribution in [0.5, 0.6) is 0 Å². The highest BCUT2D eigenvalue weighted by Crippen LogP contribution is 2.40. The Hall–Kier alpha value is -1.17. The summed E-state index contributed by atoms with van der Waals surface area (Å²) in [5.74, 6) is 1.68. The summed E-state index contributed by atoms with van der Waals surface area (Å²) in [4.78, 5) is 9.07. The zero-order valence-electron chi connectivity index (χ0n) is 10.7. The summed E-state index contributed by atoms with van der Waals surface area (Å²) in [6, 6.07) is 1.87. The summed E-state index contributed by atoms with van der Waals surface area (Å²) in [5, 5.41) is 0.624. The van der Waals surface area contributed by atoms with Crippen LogP contribution in [0.25, 0.3) is 11.2 Å². The number of rotatable bonds is 6. The third kappa shape index (κ3) is 2.73. The maximum absolute atomic E-state index is 5.97. The van der Waals surface area contributed by atoms with Gasteiger partial charge in [0.15, 0.2) is 5.65 Å². The van der Waals surface area contributed by atoms with Crippen molar-refractivity contribution in [3.63, 3.8) is 0 Å². The first kappa shape index (κ1) is 12.8. The molecular formula is C13H17ClN4O. The van der Waals surface area contributed by atoms with Crippen molar-refractivity contribution in [3.05, 3.63) is 23.1 Å². The zero-order valence-corrected chi connectivity index (χ0v) is 11.4. The van der Waals surface area contributed by atoms with E-state index in [-0.39, 0.29) is 0 Å². The van der Waals surface area contributed by atoms with Crippen molar-refractivity contribution in [3.8, 4) is 0 Å². The molecule has 0 unspecified atom stereocenters. The van der Waals surface area contributed by atoms with Gasteiger partial charge in [-0.2, -0.15) is 0 Å². The molecule has 1 aliphatic carbocycles. The van der Waals surface area contributed by atoms with Crippen molar-refractivity contribution in [2.45, 2.75) is 25.3 Å². The molecule has 0 aliphatic heterocycles. The van der Waals surface area contributed by atoms with Crippen LogP contribution >= 0.6 is 11.6 Å². The van der Waals surface area contributed by atoms with Gasteiger partial charge in [0.25, 0.3) is 0 Å². The second-order valence-corrected chi connectivity index (χ2v) is 5.23. The summed E-state index contributed by atoms with van der Waals surface area (Å²) >= 11 is 5.97. The van der Waals surface area contributed by atoms with E-state index in [1.165, 1.54) is 12.8 Å².